The number of carbonyl (C=O) groups excluding carboxylic acids is 1. The normalized spacial score (nSPS) is 13.9. The molecule has 0 aliphatic heterocycles. The molecule has 0 bridgehead atoms. The van der Waals surface area contributed by atoms with E-state index < -0.39 is 23.3 Å². The molecule has 0 radical (unpaired) electrons. The van der Waals surface area contributed by atoms with Crippen LogP contribution in [0.15, 0.2) is 54.7 Å². The molecular formula is C21H20F3NO4. The number of ether oxygens (including phenoxy) is 2. The van der Waals surface area contributed by atoms with Gasteiger partial charge in [0.05, 0.1) is 12.1 Å². The Labute approximate surface area is 165 Å². The van der Waals surface area contributed by atoms with Crippen molar-refractivity contribution in [3.8, 4) is 5.75 Å². The van der Waals surface area contributed by atoms with Crippen LogP contribution >= 0.6 is 0 Å². The molecule has 5 nitrogen and oxygen atoms in total. The van der Waals surface area contributed by atoms with Gasteiger partial charge in [0.15, 0.2) is 0 Å². The molecule has 0 saturated heterocycles. The van der Waals surface area contributed by atoms with Crippen molar-refractivity contribution in [2.75, 3.05) is 6.61 Å². The first kappa shape index (κ1) is 20.7. The van der Waals surface area contributed by atoms with Gasteiger partial charge in [0.25, 0.3) is 5.60 Å². The van der Waals surface area contributed by atoms with E-state index in [9.17, 15) is 23.1 Å². The van der Waals surface area contributed by atoms with Gasteiger partial charge >= 0.3 is 12.1 Å². The Morgan fingerprint density at radius 1 is 1.14 bits per heavy atom. The number of benzene rings is 2. The van der Waals surface area contributed by atoms with Crippen LogP contribution in [0.4, 0.5) is 13.2 Å². The van der Waals surface area contributed by atoms with Gasteiger partial charge in [-0.05, 0) is 24.6 Å². The average Bonchev–Trinajstić information content (AvgIpc) is 3.02. The number of aromatic nitrogens is 1. The Morgan fingerprint density at radius 3 is 2.45 bits per heavy atom. The van der Waals surface area contributed by atoms with Crippen molar-refractivity contribution in [1.29, 1.82) is 0 Å². The van der Waals surface area contributed by atoms with E-state index in [4.69, 9.17) is 4.74 Å². The molecule has 0 saturated carbocycles. The Morgan fingerprint density at radius 2 is 1.83 bits per heavy atom. The van der Waals surface area contributed by atoms with Crippen molar-refractivity contribution in [2.24, 2.45) is 7.05 Å². The molecule has 0 spiro atoms. The number of aryl methyl sites for hydroxylation is 1. The molecule has 0 aliphatic rings. The lowest BCUT2D eigenvalue weighted by atomic mass is 9.92. The summed E-state index contributed by atoms with van der Waals surface area (Å²) in [5.41, 5.74) is -3.04. The lowest BCUT2D eigenvalue weighted by Crippen LogP contribution is -2.50. The standard InChI is InChI=1S/C21H20F3NO4/c1-3-28-19(26)20(27,21(22,23)24)17-12-25(2)18-11-15(9-10-16(17)18)29-13-14-7-5-4-6-8-14/h4-12,27H,3,13H2,1-2H3. The molecular weight excluding hydrogens is 387 g/mol. The second kappa shape index (κ2) is 7.79. The van der Waals surface area contributed by atoms with Gasteiger partial charge in [-0.25, -0.2) is 4.79 Å². The number of rotatable bonds is 6. The SMILES string of the molecule is CCOC(=O)C(O)(c1cn(C)c2cc(OCc3ccccc3)ccc12)C(F)(F)F. The molecule has 3 rings (SSSR count). The summed E-state index contributed by atoms with van der Waals surface area (Å²) in [5.74, 6) is -1.31. The molecule has 1 heterocycles. The van der Waals surface area contributed by atoms with E-state index >= 15 is 0 Å². The van der Waals surface area contributed by atoms with Crippen molar-refractivity contribution >= 4 is 16.9 Å². The number of hydrogen-bond acceptors (Lipinski definition) is 4. The van der Waals surface area contributed by atoms with Crippen LogP contribution in [-0.2, 0) is 28.8 Å². The minimum Gasteiger partial charge on any atom is -0.489 e. The zero-order valence-corrected chi connectivity index (χ0v) is 15.9. The quantitative estimate of drug-likeness (QED) is 0.626. The van der Waals surface area contributed by atoms with Crippen LogP contribution in [0.25, 0.3) is 10.9 Å². The summed E-state index contributed by atoms with van der Waals surface area (Å²) < 4.78 is 52.7. The number of aliphatic hydroxyl groups is 1. The third kappa shape index (κ3) is 3.80. The lowest BCUT2D eigenvalue weighted by molar-refractivity contribution is -0.267. The Bertz CT molecular complexity index is 1010. The zero-order chi connectivity index (χ0) is 21.2. The largest absolute Gasteiger partial charge is 0.489 e. The fraction of sp³-hybridized carbons (Fsp3) is 0.286. The van der Waals surface area contributed by atoms with Gasteiger partial charge in [-0.2, -0.15) is 13.2 Å². The van der Waals surface area contributed by atoms with Crippen LogP contribution in [0.5, 0.6) is 5.75 Å². The van der Waals surface area contributed by atoms with E-state index in [1.165, 1.54) is 30.7 Å². The number of carbonyl (C=O) groups is 1. The smallest absolute Gasteiger partial charge is 0.432 e. The Kier molecular flexibility index (Phi) is 5.57. The van der Waals surface area contributed by atoms with Crippen LogP contribution in [-0.4, -0.2) is 28.4 Å². The molecule has 1 aromatic heterocycles. The topological polar surface area (TPSA) is 60.7 Å². The van der Waals surface area contributed by atoms with Gasteiger partial charge in [0, 0.05) is 30.3 Å². The zero-order valence-electron chi connectivity index (χ0n) is 15.9. The summed E-state index contributed by atoms with van der Waals surface area (Å²) in [6.45, 7) is 1.37. The highest BCUT2D eigenvalue weighted by Crippen LogP contribution is 2.43. The third-order valence-corrected chi connectivity index (χ3v) is 4.58. The molecule has 8 heteroatoms. The molecule has 29 heavy (non-hydrogen) atoms. The number of halogens is 3. The molecule has 154 valence electrons. The first-order valence-electron chi connectivity index (χ1n) is 8.91. The van der Waals surface area contributed by atoms with Gasteiger partial charge < -0.3 is 19.1 Å². The van der Waals surface area contributed by atoms with E-state index in [-0.39, 0.29) is 12.0 Å². The maximum absolute atomic E-state index is 13.7. The molecule has 2 aromatic carbocycles. The number of esters is 1. The maximum atomic E-state index is 13.7. The highest BCUT2D eigenvalue weighted by Gasteiger charge is 2.63. The van der Waals surface area contributed by atoms with Gasteiger partial charge in [0.1, 0.15) is 12.4 Å². The van der Waals surface area contributed by atoms with E-state index in [1.54, 1.807) is 6.07 Å². The first-order valence-corrected chi connectivity index (χ1v) is 8.91. The van der Waals surface area contributed by atoms with E-state index in [2.05, 4.69) is 4.74 Å². The van der Waals surface area contributed by atoms with Crippen LogP contribution in [0.3, 0.4) is 0 Å². The second-order valence-corrected chi connectivity index (χ2v) is 6.54. The van der Waals surface area contributed by atoms with Gasteiger partial charge in [-0.1, -0.05) is 30.3 Å². The van der Waals surface area contributed by atoms with Crippen molar-refractivity contribution < 1.29 is 32.5 Å². The molecule has 1 atom stereocenters. The monoisotopic (exact) mass is 407 g/mol. The average molecular weight is 407 g/mol. The van der Waals surface area contributed by atoms with E-state index in [1.807, 2.05) is 30.3 Å². The molecule has 0 fully saturated rings. The number of fused-ring (bicyclic) bond motifs is 1. The summed E-state index contributed by atoms with van der Waals surface area (Å²) in [5, 5.41) is 10.5. The van der Waals surface area contributed by atoms with Gasteiger partial charge in [0.2, 0.25) is 0 Å². The summed E-state index contributed by atoms with van der Waals surface area (Å²) >= 11 is 0. The summed E-state index contributed by atoms with van der Waals surface area (Å²) in [7, 11) is 1.52. The predicted molar refractivity (Wildman–Crippen MR) is 100 cm³/mol. The maximum Gasteiger partial charge on any atom is 0.432 e. The number of hydrogen-bond donors (Lipinski definition) is 1. The second-order valence-electron chi connectivity index (χ2n) is 6.54. The van der Waals surface area contributed by atoms with Crippen molar-refractivity contribution in [2.45, 2.75) is 25.3 Å². The molecule has 0 aliphatic carbocycles. The minimum atomic E-state index is -5.25. The van der Waals surface area contributed by atoms with Gasteiger partial charge in [-0.15, -0.1) is 0 Å². The molecule has 1 unspecified atom stereocenters. The number of nitrogens with zero attached hydrogens (tertiary/aromatic N) is 1. The highest BCUT2D eigenvalue weighted by molar-refractivity contribution is 5.93. The van der Waals surface area contributed by atoms with Gasteiger partial charge in [-0.3, -0.25) is 0 Å². The number of alkyl halides is 3. The van der Waals surface area contributed by atoms with Crippen LogP contribution in [0.2, 0.25) is 0 Å². The predicted octanol–water partition coefficient (Wildman–Crippen LogP) is 4.07. The third-order valence-electron chi connectivity index (χ3n) is 4.58. The highest BCUT2D eigenvalue weighted by atomic mass is 19.4. The van der Waals surface area contributed by atoms with Crippen LogP contribution in [0.1, 0.15) is 18.1 Å². The Balaban J connectivity index is 2.00. The summed E-state index contributed by atoms with van der Waals surface area (Å²) in [6.07, 6.45) is -4.17. The fourth-order valence-electron chi connectivity index (χ4n) is 3.10. The van der Waals surface area contributed by atoms with Crippen molar-refractivity contribution in [3.05, 3.63) is 65.9 Å². The lowest BCUT2D eigenvalue weighted by Gasteiger charge is -2.27. The molecule has 1 N–H and O–H groups in total. The van der Waals surface area contributed by atoms with Crippen LogP contribution < -0.4 is 4.74 Å². The van der Waals surface area contributed by atoms with Crippen molar-refractivity contribution in [3.63, 3.8) is 0 Å². The minimum absolute atomic E-state index is 0.0763. The Hall–Kier alpha value is -3.00. The molecule has 0 amide bonds. The molecule has 3 aromatic rings. The fourth-order valence-corrected chi connectivity index (χ4v) is 3.10. The van der Waals surface area contributed by atoms with Crippen LogP contribution in [0, 0.1) is 0 Å². The first-order chi connectivity index (χ1) is 13.7. The summed E-state index contributed by atoms with van der Waals surface area (Å²) in [6, 6.07) is 13.9. The van der Waals surface area contributed by atoms with Crippen molar-refractivity contribution in [1.82, 2.24) is 4.57 Å². The summed E-state index contributed by atoms with van der Waals surface area (Å²) in [4.78, 5) is 12.1. The van der Waals surface area contributed by atoms with E-state index in [0.717, 1.165) is 11.8 Å². The van der Waals surface area contributed by atoms with E-state index in [0.29, 0.717) is 17.9 Å².